The fourth-order valence-electron chi connectivity index (χ4n) is 9.77. The first-order chi connectivity index (χ1) is 42.5. The first kappa shape index (κ1) is 64.4. The SMILES string of the molecule is CCCCCCOc1ccc(-c2oc3cc(O[C@@H]4OC(COC(=O)c5ccccc5)[C@@H](OC(=O)c5ccccc5)C(OC(=O)c5ccccc5)[C@@H]4OC(=O)c4ccccc4)cc(OCCCCCC)c3c(=O)c2OCC(C)C)cc1OCCCCCC. The summed E-state index contributed by atoms with van der Waals surface area (Å²) in [5.41, 5.74) is 0.557. The highest BCUT2D eigenvalue weighted by molar-refractivity contribution is 5.92. The molecule has 16 heteroatoms. The van der Waals surface area contributed by atoms with Gasteiger partial charge in [-0.05, 0) is 91.9 Å². The zero-order chi connectivity index (χ0) is 61.3. The molecule has 16 nitrogen and oxygen atoms in total. The fraction of sp³-hybridized carbons (Fsp3) is 0.394. The Morgan fingerprint density at radius 1 is 0.483 bits per heavy atom. The van der Waals surface area contributed by atoms with E-state index in [4.69, 9.17) is 51.8 Å². The number of hydrogen-bond acceptors (Lipinski definition) is 16. The number of unbranched alkanes of at least 4 members (excludes halogenated alkanes) is 9. The third-order valence-corrected chi connectivity index (χ3v) is 14.4. The summed E-state index contributed by atoms with van der Waals surface area (Å²) in [4.78, 5) is 72.2. The molecular weight excluding hydrogens is 1110 g/mol. The second-order valence-corrected chi connectivity index (χ2v) is 21.8. The van der Waals surface area contributed by atoms with Crippen molar-refractivity contribution in [2.24, 2.45) is 5.92 Å². The lowest BCUT2D eigenvalue weighted by Crippen LogP contribution is -2.63. The molecule has 1 fully saturated rings. The van der Waals surface area contributed by atoms with Crippen LogP contribution in [0.15, 0.2) is 161 Å². The summed E-state index contributed by atoms with van der Waals surface area (Å²) < 4.78 is 71.1. The van der Waals surface area contributed by atoms with Crippen LogP contribution in [0, 0.1) is 5.92 Å². The Morgan fingerprint density at radius 3 is 1.46 bits per heavy atom. The minimum absolute atomic E-state index is 0.0161. The molecule has 5 atom stereocenters. The molecule has 87 heavy (non-hydrogen) atoms. The molecule has 1 saturated heterocycles. The van der Waals surface area contributed by atoms with Crippen molar-refractivity contribution >= 4 is 34.8 Å². The van der Waals surface area contributed by atoms with E-state index < -0.39 is 66.6 Å². The average Bonchev–Trinajstić information content (AvgIpc) is 1.26. The molecule has 0 saturated carbocycles. The van der Waals surface area contributed by atoms with Crippen molar-refractivity contribution in [2.45, 2.75) is 142 Å². The van der Waals surface area contributed by atoms with Gasteiger partial charge in [-0.1, -0.05) is 165 Å². The topological polar surface area (TPSA) is 191 Å². The molecule has 0 amide bonds. The maximum absolute atomic E-state index is 15.3. The van der Waals surface area contributed by atoms with Crippen LogP contribution in [0.2, 0.25) is 0 Å². The lowest BCUT2D eigenvalue weighted by molar-refractivity contribution is -0.275. The Hall–Kier alpha value is -8.63. The van der Waals surface area contributed by atoms with Crippen molar-refractivity contribution in [2.75, 3.05) is 33.0 Å². The van der Waals surface area contributed by atoms with Gasteiger partial charge < -0.3 is 51.8 Å². The Labute approximate surface area is 509 Å². The molecule has 460 valence electrons. The van der Waals surface area contributed by atoms with Crippen molar-refractivity contribution in [3.63, 3.8) is 0 Å². The van der Waals surface area contributed by atoms with Gasteiger partial charge in [-0.3, -0.25) is 4.79 Å². The van der Waals surface area contributed by atoms with Crippen molar-refractivity contribution in [3.05, 3.63) is 184 Å². The Bertz CT molecular complexity index is 3350. The molecule has 0 radical (unpaired) electrons. The third kappa shape index (κ3) is 18.2. The number of esters is 4. The van der Waals surface area contributed by atoms with Crippen molar-refractivity contribution in [3.8, 4) is 40.1 Å². The molecule has 8 rings (SSSR count). The minimum Gasteiger partial charge on any atom is -0.493 e. The summed E-state index contributed by atoms with van der Waals surface area (Å²) in [5.74, 6) is -2.17. The quantitative estimate of drug-likeness (QED) is 0.0214. The molecule has 0 aliphatic carbocycles. The van der Waals surface area contributed by atoms with Crippen molar-refractivity contribution in [1.82, 2.24) is 0 Å². The van der Waals surface area contributed by atoms with Gasteiger partial charge in [-0.15, -0.1) is 0 Å². The van der Waals surface area contributed by atoms with Gasteiger partial charge >= 0.3 is 23.9 Å². The van der Waals surface area contributed by atoms with E-state index in [2.05, 4.69) is 20.8 Å². The monoisotopic (exact) mass is 1190 g/mol. The van der Waals surface area contributed by atoms with E-state index >= 15 is 4.79 Å². The Morgan fingerprint density at radius 2 is 0.954 bits per heavy atom. The van der Waals surface area contributed by atoms with E-state index in [1.54, 1.807) is 97.1 Å². The summed E-state index contributed by atoms with van der Waals surface area (Å²) in [5, 5.41) is 0.0599. The highest BCUT2D eigenvalue weighted by Crippen LogP contribution is 2.41. The van der Waals surface area contributed by atoms with E-state index in [1.807, 2.05) is 19.9 Å². The van der Waals surface area contributed by atoms with Crippen LogP contribution < -0.4 is 29.1 Å². The first-order valence-electron chi connectivity index (χ1n) is 30.6. The van der Waals surface area contributed by atoms with E-state index in [0.29, 0.717) is 36.7 Å². The standard InChI is InChI=1S/C71H80O16/c1-6-9-12-27-40-77-55-39-38-53(43-56(55)78-41-28-13-10-7-2)62-64(80-46-48(4)5)61(72)60-57(79-42-29-14-11-8-3)44-54(45-58(60)83-62)82-71-66(87-70(76)52-36-25-18-26-37-52)65(86-69(75)51-34-23-17-24-35-51)63(85-68(74)50-32-21-16-22-33-50)59(84-71)47-81-67(73)49-30-19-15-20-31-49/h15-26,30-39,43-45,48,59,63,65-66,71H,6-14,27-29,40-42,46-47H2,1-5H3/t59?,63-,65?,66+,71-/m1/s1. The lowest BCUT2D eigenvalue weighted by atomic mass is 9.97. The van der Waals surface area contributed by atoms with Crippen molar-refractivity contribution < 1.29 is 71.0 Å². The predicted octanol–water partition coefficient (Wildman–Crippen LogP) is 15.0. The molecule has 1 aliphatic rings. The van der Waals surface area contributed by atoms with E-state index in [1.165, 1.54) is 48.5 Å². The number of carbonyl (C=O) groups is 4. The summed E-state index contributed by atoms with van der Waals surface area (Å²) in [6.45, 7) is 11.1. The molecule has 1 aromatic heterocycles. The average molecular weight is 1190 g/mol. The van der Waals surface area contributed by atoms with E-state index in [-0.39, 0.29) is 75.4 Å². The summed E-state index contributed by atoms with van der Waals surface area (Å²) in [7, 11) is 0. The molecular formula is C71H80O16. The number of benzene rings is 6. The Balaban J connectivity index is 1.28. The molecule has 0 bridgehead atoms. The van der Waals surface area contributed by atoms with Crippen LogP contribution in [-0.2, 0) is 23.7 Å². The second-order valence-electron chi connectivity index (χ2n) is 21.8. The maximum Gasteiger partial charge on any atom is 0.338 e. The first-order valence-corrected chi connectivity index (χ1v) is 30.6. The minimum atomic E-state index is -1.75. The van der Waals surface area contributed by atoms with Crippen LogP contribution >= 0.6 is 0 Å². The van der Waals surface area contributed by atoms with Crippen LogP contribution in [0.4, 0.5) is 0 Å². The third-order valence-electron chi connectivity index (χ3n) is 14.4. The van der Waals surface area contributed by atoms with Crippen LogP contribution in [-0.4, -0.2) is 87.6 Å². The maximum atomic E-state index is 15.3. The zero-order valence-electron chi connectivity index (χ0n) is 50.5. The normalized spacial score (nSPS) is 16.4. The van der Waals surface area contributed by atoms with Gasteiger partial charge in [-0.25, -0.2) is 19.2 Å². The van der Waals surface area contributed by atoms with Gasteiger partial charge in [0.1, 0.15) is 35.2 Å². The molecule has 2 unspecified atom stereocenters. The van der Waals surface area contributed by atoms with Gasteiger partial charge in [0, 0.05) is 17.7 Å². The van der Waals surface area contributed by atoms with Crippen molar-refractivity contribution in [1.29, 1.82) is 0 Å². The fourth-order valence-corrected chi connectivity index (χ4v) is 9.77. The van der Waals surface area contributed by atoms with Gasteiger partial charge in [0.25, 0.3) is 0 Å². The number of rotatable bonds is 33. The summed E-state index contributed by atoms with van der Waals surface area (Å²) >= 11 is 0. The largest absolute Gasteiger partial charge is 0.493 e. The molecule has 1 aliphatic heterocycles. The van der Waals surface area contributed by atoms with E-state index in [9.17, 15) is 19.2 Å². The van der Waals surface area contributed by atoms with Gasteiger partial charge in [0.05, 0.1) is 48.7 Å². The molecule has 2 heterocycles. The number of hydrogen-bond donors (Lipinski definition) is 0. The van der Waals surface area contributed by atoms with E-state index in [0.717, 1.165) is 70.6 Å². The smallest absolute Gasteiger partial charge is 0.338 e. The second kappa shape index (κ2) is 33.3. The molecule has 0 spiro atoms. The molecule has 7 aromatic rings. The van der Waals surface area contributed by atoms with Gasteiger partial charge in [0.2, 0.25) is 23.6 Å². The summed E-state index contributed by atoms with van der Waals surface area (Å²) in [6.07, 6.45) is 3.19. The Kier molecular flexibility index (Phi) is 24.7. The predicted molar refractivity (Wildman–Crippen MR) is 330 cm³/mol. The highest BCUT2D eigenvalue weighted by Gasteiger charge is 2.54. The number of ether oxygens (including phenoxy) is 10. The van der Waals surface area contributed by atoms with Crippen LogP contribution in [0.3, 0.4) is 0 Å². The lowest BCUT2D eigenvalue weighted by Gasteiger charge is -2.44. The van der Waals surface area contributed by atoms with Crippen LogP contribution in [0.25, 0.3) is 22.3 Å². The molecule has 6 aromatic carbocycles. The van der Waals surface area contributed by atoms with Gasteiger partial charge in [0.15, 0.2) is 29.5 Å². The van der Waals surface area contributed by atoms with Crippen LogP contribution in [0.1, 0.15) is 153 Å². The molecule has 0 N–H and O–H groups in total. The van der Waals surface area contributed by atoms with Crippen LogP contribution in [0.5, 0.6) is 28.7 Å². The number of carbonyl (C=O) groups excluding carboxylic acids is 4. The highest BCUT2D eigenvalue weighted by atomic mass is 16.7. The number of fused-ring (bicyclic) bond motifs is 1. The summed E-state index contributed by atoms with van der Waals surface area (Å²) in [6, 6.07) is 40.9. The van der Waals surface area contributed by atoms with Gasteiger partial charge in [-0.2, -0.15) is 0 Å². The zero-order valence-corrected chi connectivity index (χ0v) is 50.5.